The number of thiophene rings is 1. The maximum absolute atomic E-state index is 13.1. The molecule has 31 heavy (non-hydrogen) atoms. The van der Waals surface area contributed by atoms with Crippen LogP contribution in [0.5, 0.6) is 0 Å². The Kier molecular flexibility index (Phi) is 5.36. The monoisotopic (exact) mass is 437 g/mol. The molecule has 5 nitrogen and oxygen atoms in total. The lowest BCUT2D eigenvalue weighted by Gasteiger charge is -2.43. The number of amides is 1. The molecule has 1 amide bonds. The largest absolute Gasteiger partial charge is 0.377 e. The average molecular weight is 438 g/mol. The molecule has 0 unspecified atom stereocenters. The van der Waals surface area contributed by atoms with Crippen LogP contribution in [0.4, 0.5) is 10.1 Å². The van der Waals surface area contributed by atoms with Gasteiger partial charge in [0.2, 0.25) is 5.91 Å². The molecule has 3 aromatic rings. The van der Waals surface area contributed by atoms with Crippen molar-refractivity contribution in [3.63, 3.8) is 0 Å². The maximum atomic E-state index is 13.1. The van der Waals surface area contributed by atoms with E-state index in [0.717, 1.165) is 22.6 Å². The van der Waals surface area contributed by atoms with Crippen molar-refractivity contribution in [3.05, 3.63) is 86.2 Å². The van der Waals surface area contributed by atoms with Gasteiger partial charge in [-0.1, -0.05) is 18.2 Å². The number of likely N-dealkylation sites (tertiary alicyclic amines) is 1. The molecular formula is C24H24FN3O2S. The van der Waals surface area contributed by atoms with E-state index in [-0.39, 0.29) is 23.2 Å². The van der Waals surface area contributed by atoms with Crippen LogP contribution in [-0.2, 0) is 24.3 Å². The third-order valence-corrected chi connectivity index (χ3v) is 7.14. The number of pyridine rings is 1. The van der Waals surface area contributed by atoms with E-state index in [1.165, 1.54) is 12.1 Å². The fourth-order valence-electron chi connectivity index (χ4n) is 4.76. The van der Waals surface area contributed by atoms with E-state index in [4.69, 9.17) is 0 Å². The standard InChI is InChI=1S/C24H24FN3O2S/c25-19-5-3-16(4-6-19)12-26-21-7-8-22-18-10-17(14-28(22)24(21)30)13-27(15-18)23(29)11-20-2-1-9-31-20/h1-9,17-18,26H,10-15H2/t17-,18+/m0/s1. The first kappa shape index (κ1) is 20.0. The number of benzene rings is 1. The van der Waals surface area contributed by atoms with Gasteiger partial charge in [0, 0.05) is 42.7 Å². The summed E-state index contributed by atoms with van der Waals surface area (Å²) < 4.78 is 15.0. The molecule has 160 valence electrons. The topological polar surface area (TPSA) is 54.3 Å². The SMILES string of the molecule is O=C(Cc1cccs1)N1C[C@@H]2C[C@H](C1)c1ccc(NCc3ccc(F)cc3)c(=O)n1C2. The number of nitrogens with one attached hydrogen (secondary N) is 1. The van der Waals surface area contributed by atoms with E-state index < -0.39 is 0 Å². The minimum atomic E-state index is -0.271. The van der Waals surface area contributed by atoms with Crippen molar-refractivity contribution in [2.24, 2.45) is 5.92 Å². The second-order valence-electron chi connectivity index (χ2n) is 8.42. The van der Waals surface area contributed by atoms with Crippen LogP contribution in [0, 0.1) is 11.7 Å². The van der Waals surface area contributed by atoms with Crippen LogP contribution in [0.2, 0.25) is 0 Å². The fourth-order valence-corrected chi connectivity index (χ4v) is 5.45. The van der Waals surface area contributed by atoms with Crippen molar-refractivity contribution in [3.8, 4) is 0 Å². The van der Waals surface area contributed by atoms with Crippen LogP contribution in [0.15, 0.2) is 58.7 Å². The van der Waals surface area contributed by atoms with Crippen molar-refractivity contribution in [2.75, 3.05) is 18.4 Å². The lowest BCUT2D eigenvalue weighted by atomic mass is 9.83. The molecule has 5 rings (SSSR count). The van der Waals surface area contributed by atoms with Gasteiger partial charge in [0.05, 0.1) is 6.42 Å². The van der Waals surface area contributed by atoms with E-state index in [9.17, 15) is 14.0 Å². The molecule has 1 fully saturated rings. The number of piperidine rings is 1. The minimum absolute atomic E-state index is 0.0207. The molecule has 0 radical (unpaired) electrons. The van der Waals surface area contributed by atoms with Gasteiger partial charge in [-0.15, -0.1) is 11.3 Å². The number of hydrogen-bond donors (Lipinski definition) is 1. The second-order valence-corrected chi connectivity index (χ2v) is 9.45. The van der Waals surface area contributed by atoms with E-state index in [0.29, 0.717) is 44.2 Å². The Morgan fingerprint density at radius 1 is 1.10 bits per heavy atom. The first-order valence-electron chi connectivity index (χ1n) is 10.6. The van der Waals surface area contributed by atoms with Gasteiger partial charge in [0.25, 0.3) is 5.56 Å². The highest BCUT2D eigenvalue weighted by Crippen LogP contribution is 2.35. The van der Waals surface area contributed by atoms with E-state index in [2.05, 4.69) is 5.32 Å². The van der Waals surface area contributed by atoms with Gasteiger partial charge < -0.3 is 14.8 Å². The minimum Gasteiger partial charge on any atom is -0.377 e. The quantitative estimate of drug-likeness (QED) is 0.660. The summed E-state index contributed by atoms with van der Waals surface area (Å²) in [5, 5.41) is 5.20. The number of rotatable bonds is 5. The summed E-state index contributed by atoms with van der Waals surface area (Å²) in [6.45, 7) is 2.48. The molecule has 2 aliphatic rings. The summed E-state index contributed by atoms with van der Waals surface area (Å²) in [4.78, 5) is 29.0. The molecule has 4 heterocycles. The molecule has 1 saturated heterocycles. The van der Waals surface area contributed by atoms with Gasteiger partial charge in [0.15, 0.2) is 0 Å². The Morgan fingerprint density at radius 2 is 1.94 bits per heavy atom. The summed E-state index contributed by atoms with van der Waals surface area (Å²) in [7, 11) is 0. The zero-order valence-corrected chi connectivity index (χ0v) is 17.9. The molecule has 0 aliphatic carbocycles. The Hall–Kier alpha value is -2.93. The summed E-state index contributed by atoms with van der Waals surface area (Å²) in [5.74, 6) is 0.389. The van der Waals surface area contributed by atoms with Crippen molar-refractivity contribution in [1.82, 2.24) is 9.47 Å². The van der Waals surface area contributed by atoms with Gasteiger partial charge in [-0.2, -0.15) is 0 Å². The Bertz CT molecular complexity index is 1140. The van der Waals surface area contributed by atoms with Crippen molar-refractivity contribution in [1.29, 1.82) is 0 Å². The van der Waals surface area contributed by atoms with E-state index in [1.54, 1.807) is 23.5 Å². The predicted molar refractivity (Wildman–Crippen MR) is 120 cm³/mol. The summed E-state index contributed by atoms with van der Waals surface area (Å²) in [6.07, 6.45) is 1.47. The zero-order valence-electron chi connectivity index (χ0n) is 17.1. The number of halogens is 1. The average Bonchev–Trinajstić information content (AvgIpc) is 3.28. The summed E-state index contributed by atoms with van der Waals surface area (Å²) in [5.41, 5.74) is 2.47. The molecular weight excluding hydrogens is 413 g/mol. The van der Waals surface area contributed by atoms with Crippen LogP contribution in [0.3, 0.4) is 0 Å². The van der Waals surface area contributed by atoms with Gasteiger partial charge in [-0.3, -0.25) is 9.59 Å². The maximum Gasteiger partial charge on any atom is 0.274 e. The first-order chi connectivity index (χ1) is 15.1. The number of anilines is 1. The second kappa shape index (κ2) is 8.30. The Morgan fingerprint density at radius 3 is 2.71 bits per heavy atom. The fraction of sp³-hybridized carbons (Fsp3) is 0.333. The number of carbonyl (C=O) groups excluding carboxylic acids is 1. The number of nitrogens with zero attached hydrogens (tertiary/aromatic N) is 2. The van der Waals surface area contributed by atoms with Crippen molar-refractivity contribution >= 4 is 22.9 Å². The van der Waals surface area contributed by atoms with Crippen LogP contribution in [0.1, 0.15) is 28.5 Å². The highest BCUT2D eigenvalue weighted by Gasteiger charge is 2.36. The Balaban J connectivity index is 1.31. The number of carbonyl (C=O) groups is 1. The number of aromatic nitrogens is 1. The third kappa shape index (κ3) is 4.14. The van der Waals surface area contributed by atoms with Crippen LogP contribution in [0.25, 0.3) is 0 Å². The van der Waals surface area contributed by atoms with Crippen LogP contribution >= 0.6 is 11.3 Å². The number of fused-ring (bicyclic) bond motifs is 4. The van der Waals surface area contributed by atoms with E-state index >= 15 is 0 Å². The van der Waals surface area contributed by atoms with Gasteiger partial charge in [-0.05, 0) is 53.6 Å². The molecule has 1 N–H and O–H groups in total. The smallest absolute Gasteiger partial charge is 0.274 e. The van der Waals surface area contributed by atoms with E-state index in [1.807, 2.05) is 39.1 Å². The van der Waals surface area contributed by atoms with Gasteiger partial charge in [0.1, 0.15) is 11.5 Å². The molecule has 2 atom stereocenters. The third-order valence-electron chi connectivity index (χ3n) is 6.26. The molecule has 2 bridgehead atoms. The molecule has 0 saturated carbocycles. The number of hydrogen-bond acceptors (Lipinski definition) is 4. The van der Waals surface area contributed by atoms with Gasteiger partial charge >= 0.3 is 0 Å². The Labute approximate surface area is 184 Å². The van der Waals surface area contributed by atoms with Gasteiger partial charge in [-0.25, -0.2) is 4.39 Å². The summed E-state index contributed by atoms with van der Waals surface area (Å²) in [6, 6.07) is 14.1. The predicted octanol–water partition coefficient (Wildman–Crippen LogP) is 3.85. The molecule has 7 heteroatoms. The zero-order chi connectivity index (χ0) is 21.4. The lowest BCUT2D eigenvalue weighted by Crippen LogP contribution is -2.49. The molecule has 2 aliphatic heterocycles. The highest BCUT2D eigenvalue weighted by atomic mass is 32.1. The van der Waals surface area contributed by atoms with Crippen LogP contribution in [-0.4, -0.2) is 28.5 Å². The highest BCUT2D eigenvalue weighted by molar-refractivity contribution is 7.10. The lowest BCUT2D eigenvalue weighted by molar-refractivity contribution is -0.133. The molecule has 2 aromatic heterocycles. The van der Waals surface area contributed by atoms with Crippen molar-refractivity contribution < 1.29 is 9.18 Å². The molecule has 1 aromatic carbocycles. The van der Waals surface area contributed by atoms with Crippen LogP contribution < -0.4 is 10.9 Å². The first-order valence-corrected chi connectivity index (χ1v) is 11.5. The summed E-state index contributed by atoms with van der Waals surface area (Å²) >= 11 is 1.61. The normalized spacial score (nSPS) is 19.7. The molecule has 0 spiro atoms. The van der Waals surface area contributed by atoms with Crippen molar-refractivity contribution in [2.45, 2.75) is 31.8 Å².